The van der Waals surface area contributed by atoms with Crippen molar-refractivity contribution in [1.82, 2.24) is 24.8 Å². The Balaban J connectivity index is 1.60. The van der Waals surface area contributed by atoms with Crippen molar-refractivity contribution in [2.24, 2.45) is 0 Å². The van der Waals surface area contributed by atoms with Crippen LogP contribution in [0.4, 0.5) is 0 Å². The van der Waals surface area contributed by atoms with Crippen LogP contribution in [0, 0.1) is 20.8 Å². The summed E-state index contributed by atoms with van der Waals surface area (Å²) in [7, 11) is 0. The van der Waals surface area contributed by atoms with Gasteiger partial charge in [0.15, 0.2) is 0 Å². The third-order valence-electron chi connectivity index (χ3n) is 3.85. The van der Waals surface area contributed by atoms with Crippen molar-refractivity contribution >= 4 is 16.9 Å². The molecule has 124 valence electrons. The number of aromatic nitrogens is 4. The highest BCUT2D eigenvalue weighted by Gasteiger charge is 2.10. The molecule has 0 fully saturated rings. The molecule has 0 aliphatic heterocycles. The predicted molar refractivity (Wildman–Crippen MR) is 92.7 cm³/mol. The summed E-state index contributed by atoms with van der Waals surface area (Å²) in [6.07, 6.45) is 0.623. The Kier molecular flexibility index (Phi) is 4.55. The Morgan fingerprint density at radius 2 is 1.79 bits per heavy atom. The highest BCUT2D eigenvalue weighted by molar-refractivity contribution is 5.81. The Labute approximate surface area is 141 Å². The number of hydrogen-bond acceptors (Lipinski definition) is 4. The molecule has 6 heteroatoms. The summed E-state index contributed by atoms with van der Waals surface area (Å²) in [4.78, 5) is 25.5. The van der Waals surface area contributed by atoms with Crippen LogP contribution in [-0.2, 0) is 17.8 Å². The molecule has 0 bridgehead atoms. The number of nitrogens with zero attached hydrogens (tertiary/aromatic N) is 4. The summed E-state index contributed by atoms with van der Waals surface area (Å²) < 4.78 is 1.93. The molecule has 0 spiro atoms. The van der Waals surface area contributed by atoms with Crippen molar-refractivity contribution in [1.29, 1.82) is 0 Å². The molecule has 1 aromatic carbocycles. The van der Waals surface area contributed by atoms with E-state index in [1.807, 2.05) is 55.7 Å². The minimum atomic E-state index is -0.0365. The number of carbonyl (C=O) groups is 1. The van der Waals surface area contributed by atoms with E-state index in [-0.39, 0.29) is 12.5 Å². The molecule has 0 radical (unpaired) electrons. The molecular formula is C18H21N5O. The van der Waals surface area contributed by atoms with E-state index < -0.39 is 0 Å². The second-order valence-electron chi connectivity index (χ2n) is 5.90. The Morgan fingerprint density at radius 3 is 2.54 bits per heavy atom. The van der Waals surface area contributed by atoms with Crippen molar-refractivity contribution in [3.05, 3.63) is 53.4 Å². The standard InChI is InChI=1S/C18H21N5O/c1-12-10-13(2)21-17(20-12)8-9-19-18(24)11-23-14(3)22-15-6-4-5-7-16(15)23/h4-7,10H,8-9,11H2,1-3H3,(H,19,24). The Hall–Kier alpha value is -2.76. The van der Waals surface area contributed by atoms with Gasteiger partial charge < -0.3 is 9.88 Å². The van der Waals surface area contributed by atoms with E-state index in [0.717, 1.165) is 34.1 Å². The van der Waals surface area contributed by atoms with E-state index in [2.05, 4.69) is 20.3 Å². The maximum Gasteiger partial charge on any atom is 0.240 e. The number of fused-ring (bicyclic) bond motifs is 1. The second kappa shape index (κ2) is 6.78. The van der Waals surface area contributed by atoms with Crippen LogP contribution in [0.1, 0.15) is 23.0 Å². The zero-order chi connectivity index (χ0) is 17.1. The lowest BCUT2D eigenvalue weighted by molar-refractivity contribution is -0.121. The third-order valence-corrected chi connectivity index (χ3v) is 3.85. The predicted octanol–water partition coefficient (Wildman–Crippen LogP) is 2.11. The number of amides is 1. The molecule has 0 aliphatic rings. The van der Waals surface area contributed by atoms with Gasteiger partial charge in [0, 0.05) is 24.4 Å². The van der Waals surface area contributed by atoms with Crippen LogP contribution in [0.15, 0.2) is 30.3 Å². The Morgan fingerprint density at radius 1 is 1.08 bits per heavy atom. The molecule has 0 saturated heterocycles. The lowest BCUT2D eigenvalue weighted by Crippen LogP contribution is -2.30. The molecule has 2 heterocycles. The van der Waals surface area contributed by atoms with Crippen molar-refractivity contribution in [2.75, 3.05) is 6.54 Å². The summed E-state index contributed by atoms with van der Waals surface area (Å²) in [5, 5.41) is 2.93. The van der Waals surface area contributed by atoms with Gasteiger partial charge in [0.05, 0.1) is 11.0 Å². The van der Waals surface area contributed by atoms with Crippen LogP contribution in [0.3, 0.4) is 0 Å². The van der Waals surface area contributed by atoms with Crippen LogP contribution in [0.5, 0.6) is 0 Å². The van der Waals surface area contributed by atoms with Crippen molar-refractivity contribution < 1.29 is 4.79 Å². The minimum Gasteiger partial charge on any atom is -0.354 e. The maximum atomic E-state index is 12.2. The Bertz CT molecular complexity index is 864. The molecule has 0 unspecified atom stereocenters. The van der Waals surface area contributed by atoms with Crippen LogP contribution < -0.4 is 5.32 Å². The number of hydrogen-bond donors (Lipinski definition) is 1. The lowest BCUT2D eigenvalue weighted by Gasteiger charge is -2.08. The SMILES string of the molecule is Cc1cc(C)nc(CCNC(=O)Cn2c(C)nc3ccccc32)n1. The summed E-state index contributed by atoms with van der Waals surface area (Å²) in [5.74, 6) is 1.56. The zero-order valence-electron chi connectivity index (χ0n) is 14.2. The average Bonchev–Trinajstić information content (AvgIpc) is 2.82. The quantitative estimate of drug-likeness (QED) is 0.780. The van der Waals surface area contributed by atoms with Crippen LogP contribution in [0.25, 0.3) is 11.0 Å². The molecule has 3 aromatic rings. The van der Waals surface area contributed by atoms with Gasteiger partial charge >= 0.3 is 0 Å². The van der Waals surface area contributed by atoms with E-state index in [9.17, 15) is 4.79 Å². The van der Waals surface area contributed by atoms with Gasteiger partial charge in [-0.2, -0.15) is 0 Å². The topological polar surface area (TPSA) is 72.7 Å². The number of benzene rings is 1. The second-order valence-corrected chi connectivity index (χ2v) is 5.90. The van der Waals surface area contributed by atoms with Crippen LogP contribution in [0.2, 0.25) is 0 Å². The van der Waals surface area contributed by atoms with Gasteiger partial charge in [-0.25, -0.2) is 15.0 Å². The van der Waals surface area contributed by atoms with Gasteiger partial charge in [-0.15, -0.1) is 0 Å². The highest BCUT2D eigenvalue weighted by atomic mass is 16.1. The molecule has 0 atom stereocenters. The first kappa shape index (κ1) is 16.1. The third kappa shape index (κ3) is 3.59. The lowest BCUT2D eigenvalue weighted by atomic mass is 10.3. The molecular weight excluding hydrogens is 302 g/mol. The molecule has 3 rings (SSSR count). The fourth-order valence-electron chi connectivity index (χ4n) is 2.82. The highest BCUT2D eigenvalue weighted by Crippen LogP contribution is 2.14. The van der Waals surface area contributed by atoms with Crippen molar-refractivity contribution in [3.63, 3.8) is 0 Å². The van der Waals surface area contributed by atoms with E-state index in [4.69, 9.17) is 0 Å². The number of para-hydroxylation sites is 2. The first-order chi connectivity index (χ1) is 11.5. The van der Waals surface area contributed by atoms with Crippen LogP contribution in [-0.4, -0.2) is 32.0 Å². The molecule has 2 aromatic heterocycles. The smallest absolute Gasteiger partial charge is 0.240 e. The number of rotatable bonds is 5. The molecule has 0 aliphatic carbocycles. The monoisotopic (exact) mass is 323 g/mol. The van der Waals surface area contributed by atoms with E-state index in [1.165, 1.54) is 0 Å². The number of nitrogens with one attached hydrogen (secondary N) is 1. The summed E-state index contributed by atoms with van der Waals surface area (Å²) >= 11 is 0. The normalized spacial score (nSPS) is 11.0. The average molecular weight is 323 g/mol. The number of aryl methyl sites for hydroxylation is 3. The first-order valence-electron chi connectivity index (χ1n) is 8.02. The van der Waals surface area contributed by atoms with Gasteiger partial charge in [-0.3, -0.25) is 4.79 Å². The van der Waals surface area contributed by atoms with E-state index >= 15 is 0 Å². The summed E-state index contributed by atoms with van der Waals surface area (Å²) in [5.41, 5.74) is 3.78. The number of imidazole rings is 1. The zero-order valence-corrected chi connectivity index (χ0v) is 14.2. The molecule has 0 saturated carbocycles. The van der Waals surface area contributed by atoms with Crippen LogP contribution >= 0.6 is 0 Å². The maximum absolute atomic E-state index is 12.2. The summed E-state index contributed by atoms with van der Waals surface area (Å²) in [6, 6.07) is 9.77. The van der Waals surface area contributed by atoms with Gasteiger partial charge in [0.25, 0.3) is 0 Å². The van der Waals surface area contributed by atoms with Gasteiger partial charge in [-0.05, 0) is 39.0 Å². The van der Waals surface area contributed by atoms with E-state index in [0.29, 0.717) is 13.0 Å². The van der Waals surface area contributed by atoms with E-state index in [1.54, 1.807) is 0 Å². The fourth-order valence-corrected chi connectivity index (χ4v) is 2.82. The molecule has 1 amide bonds. The first-order valence-corrected chi connectivity index (χ1v) is 8.02. The van der Waals surface area contributed by atoms with Gasteiger partial charge in [0.1, 0.15) is 18.2 Å². The summed E-state index contributed by atoms with van der Waals surface area (Å²) in [6.45, 7) is 6.59. The van der Waals surface area contributed by atoms with Gasteiger partial charge in [-0.1, -0.05) is 12.1 Å². The van der Waals surface area contributed by atoms with Gasteiger partial charge in [0.2, 0.25) is 5.91 Å². The molecule has 24 heavy (non-hydrogen) atoms. The molecule has 1 N–H and O–H groups in total. The number of carbonyl (C=O) groups excluding carboxylic acids is 1. The van der Waals surface area contributed by atoms with Crippen molar-refractivity contribution in [3.8, 4) is 0 Å². The largest absolute Gasteiger partial charge is 0.354 e. The molecule has 6 nitrogen and oxygen atoms in total. The van der Waals surface area contributed by atoms with Crippen molar-refractivity contribution in [2.45, 2.75) is 33.7 Å². The minimum absolute atomic E-state index is 0.0365. The fraction of sp³-hybridized carbons (Fsp3) is 0.333.